The van der Waals surface area contributed by atoms with Gasteiger partial charge in [-0.05, 0) is 26.3 Å². The Bertz CT molecular complexity index is 220. The van der Waals surface area contributed by atoms with Crippen molar-refractivity contribution in [2.75, 3.05) is 7.05 Å². The maximum absolute atomic E-state index is 3.97. The zero-order valence-corrected chi connectivity index (χ0v) is 6.46. The fourth-order valence-electron chi connectivity index (χ4n) is 1.48. The summed E-state index contributed by atoms with van der Waals surface area (Å²) in [5.41, 5.74) is 0.0208. The van der Waals surface area contributed by atoms with Crippen LogP contribution in [-0.2, 0) is 5.54 Å². The largest absolute Gasteiger partial charge is 0.308 e. The number of aromatic amines is 1. The second kappa shape index (κ2) is 2.27. The number of nitrogens with zero attached hydrogens (tertiary/aromatic N) is 3. The van der Waals surface area contributed by atoms with Gasteiger partial charge in [0.2, 0.25) is 0 Å². The number of rotatable bonds is 2. The Morgan fingerprint density at radius 1 is 1.55 bits per heavy atom. The number of hydrogen-bond acceptors (Lipinski definition) is 4. The molecule has 1 fully saturated rings. The van der Waals surface area contributed by atoms with Crippen molar-refractivity contribution < 1.29 is 0 Å². The third-order valence-corrected chi connectivity index (χ3v) is 2.46. The summed E-state index contributed by atoms with van der Waals surface area (Å²) < 4.78 is 0. The highest BCUT2D eigenvalue weighted by atomic mass is 15.5. The third-order valence-electron chi connectivity index (χ3n) is 2.46. The highest BCUT2D eigenvalue weighted by Gasteiger charge is 2.40. The molecule has 1 aromatic rings. The first-order valence-corrected chi connectivity index (χ1v) is 3.80. The molecule has 60 valence electrons. The van der Waals surface area contributed by atoms with Crippen LogP contribution >= 0.6 is 0 Å². The van der Waals surface area contributed by atoms with E-state index < -0.39 is 0 Å². The molecule has 0 aliphatic heterocycles. The third kappa shape index (κ3) is 0.841. The molecule has 0 amide bonds. The lowest BCUT2D eigenvalue weighted by molar-refractivity contribution is 0.187. The van der Waals surface area contributed by atoms with Crippen molar-refractivity contribution in [2.24, 2.45) is 0 Å². The molecule has 11 heavy (non-hydrogen) atoms. The molecular formula is C6H11N5. The van der Waals surface area contributed by atoms with Crippen molar-refractivity contribution in [1.29, 1.82) is 0 Å². The zero-order chi connectivity index (χ0) is 7.73. The first-order chi connectivity index (χ1) is 5.37. The fraction of sp³-hybridized carbons (Fsp3) is 0.833. The summed E-state index contributed by atoms with van der Waals surface area (Å²) in [4.78, 5) is 0. The lowest BCUT2D eigenvalue weighted by Crippen LogP contribution is -2.46. The molecule has 0 unspecified atom stereocenters. The molecule has 0 aromatic carbocycles. The van der Waals surface area contributed by atoms with Gasteiger partial charge in [-0.3, -0.25) is 0 Å². The molecule has 0 spiro atoms. The van der Waals surface area contributed by atoms with E-state index >= 15 is 0 Å². The van der Waals surface area contributed by atoms with Gasteiger partial charge >= 0.3 is 0 Å². The molecule has 1 aliphatic rings. The molecule has 1 aliphatic carbocycles. The van der Waals surface area contributed by atoms with Gasteiger partial charge in [-0.15, -0.1) is 10.2 Å². The summed E-state index contributed by atoms with van der Waals surface area (Å²) in [6, 6.07) is 0. The van der Waals surface area contributed by atoms with Crippen molar-refractivity contribution in [3.63, 3.8) is 0 Å². The minimum atomic E-state index is 0.0208. The summed E-state index contributed by atoms with van der Waals surface area (Å²) >= 11 is 0. The van der Waals surface area contributed by atoms with E-state index in [1.54, 1.807) is 0 Å². The van der Waals surface area contributed by atoms with Crippen LogP contribution in [0, 0.1) is 0 Å². The summed E-state index contributed by atoms with van der Waals surface area (Å²) in [5, 5.41) is 17.2. The van der Waals surface area contributed by atoms with Gasteiger partial charge < -0.3 is 5.32 Å². The number of hydrogen-bond donors (Lipinski definition) is 2. The lowest BCUT2D eigenvalue weighted by Gasteiger charge is -2.38. The second-order valence-corrected chi connectivity index (χ2v) is 2.92. The van der Waals surface area contributed by atoms with E-state index in [-0.39, 0.29) is 5.54 Å². The minimum Gasteiger partial charge on any atom is -0.308 e. The van der Waals surface area contributed by atoms with Crippen LogP contribution in [0.25, 0.3) is 0 Å². The van der Waals surface area contributed by atoms with Crippen molar-refractivity contribution in [3.05, 3.63) is 5.82 Å². The van der Waals surface area contributed by atoms with Crippen LogP contribution in [0.2, 0.25) is 0 Å². The standard InChI is InChI=1S/C6H11N5/c1-7-6(3-2-4-6)5-8-10-11-9-5/h7H,2-4H2,1H3,(H,8,9,10,11). The average molecular weight is 153 g/mol. The predicted molar refractivity (Wildman–Crippen MR) is 38.8 cm³/mol. The monoisotopic (exact) mass is 153 g/mol. The zero-order valence-electron chi connectivity index (χ0n) is 6.46. The Hall–Kier alpha value is -0.970. The van der Waals surface area contributed by atoms with Crippen molar-refractivity contribution in [1.82, 2.24) is 25.9 Å². The van der Waals surface area contributed by atoms with Crippen molar-refractivity contribution in [3.8, 4) is 0 Å². The average Bonchev–Trinajstić information content (AvgIpc) is 2.39. The Kier molecular flexibility index (Phi) is 1.38. The van der Waals surface area contributed by atoms with Crippen molar-refractivity contribution >= 4 is 0 Å². The van der Waals surface area contributed by atoms with Crippen LogP contribution in [0.4, 0.5) is 0 Å². The van der Waals surface area contributed by atoms with E-state index in [0.717, 1.165) is 18.7 Å². The maximum Gasteiger partial charge on any atom is 0.194 e. The molecule has 2 rings (SSSR count). The first kappa shape index (κ1) is 6.72. The van der Waals surface area contributed by atoms with Crippen LogP contribution in [-0.4, -0.2) is 27.7 Å². The highest BCUT2D eigenvalue weighted by Crippen LogP contribution is 2.38. The molecule has 0 saturated heterocycles. The summed E-state index contributed by atoms with van der Waals surface area (Å²) in [5.74, 6) is 0.797. The number of nitrogens with one attached hydrogen (secondary N) is 2. The minimum absolute atomic E-state index is 0.0208. The van der Waals surface area contributed by atoms with Crippen LogP contribution in [0.3, 0.4) is 0 Å². The molecule has 5 heteroatoms. The molecule has 2 N–H and O–H groups in total. The van der Waals surface area contributed by atoms with Crippen LogP contribution in [0.15, 0.2) is 0 Å². The van der Waals surface area contributed by atoms with Gasteiger partial charge in [0, 0.05) is 0 Å². The predicted octanol–water partition coefficient (Wildman–Crippen LogP) is -0.202. The Morgan fingerprint density at radius 3 is 2.73 bits per heavy atom. The SMILES string of the molecule is CNC1(c2nn[nH]n2)CCC1. The summed E-state index contributed by atoms with van der Waals surface area (Å²) in [7, 11) is 1.94. The number of H-pyrrole nitrogens is 1. The quantitative estimate of drug-likeness (QED) is 0.617. The second-order valence-electron chi connectivity index (χ2n) is 2.92. The van der Waals surface area contributed by atoms with Crippen LogP contribution in [0.5, 0.6) is 0 Å². The summed E-state index contributed by atoms with van der Waals surface area (Å²) in [6.45, 7) is 0. The molecule has 0 bridgehead atoms. The molecule has 1 heterocycles. The van der Waals surface area contributed by atoms with Gasteiger partial charge in [0.25, 0.3) is 0 Å². The molecule has 1 aromatic heterocycles. The first-order valence-electron chi connectivity index (χ1n) is 3.80. The molecular weight excluding hydrogens is 142 g/mol. The van der Waals surface area contributed by atoms with E-state index in [9.17, 15) is 0 Å². The fourth-order valence-corrected chi connectivity index (χ4v) is 1.48. The number of tetrazole rings is 1. The highest BCUT2D eigenvalue weighted by molar-refractivity contribution is 5.07. The molecule has 5 nitrogen and oxygen atoms in total. The molecule has 0 atom stereocenters. The normalized spacial score (nSPS) is 21.2. The van der Waals surface area contributed by atoms with E-state index in [4.69, 9.17) is 0 Å². The van der Waals surface area contributed by atoms with Gasteiger partial charge in [-0.25, -0.2) is 0 Å². The molecule has 0 radical (unpaired) electrons. The van der Waals surface area contributed by atoms with E-state index in [1.165, 1.54) is 6.42 Å². The van der Waals surface area contributed by atoms with Gasteiger partial charge in [0.1, 0.15) is 0 Å². The smallest absolute Gasteiger partial charge is 0.194 e. The topological polar surface area (TPSA) is 66.5 Å². The lowest BCUT2D eigenvalue weighted by atomic mass is 9.76. The van der Waals surface area contributed by atoms with Gasteiger partial charge in [-0.1, -0.05) is 5.21 Å². The van der Waals surface area contributed by atoms with Crippen LogP contribution < -0.4 is 5.32 Å². The van der Waals surface area contributed by atoms with E-state index in [2.05, 4.69) is 25.9 Å². The van der Waals surface area contributed by atoms with Crippen LogP contribution in [0.1, 0.15) is 25.1 Å². The van der Waals surface area contributed by atoms with E-state index in [1.807, 2.05) is 7.05 Å². The molecule has 1 saturated carbocycles. The Morgan fingerprint density at radius 2 is 2.36 bits per heavy atom. The summed E-state index contributed by atoms with van der Waals surface area (Å²) in [6.07, 6.45) is 3.47. The van der Waals surface area contributed by atoms with E-state index in [0.29, 0.717) is 0 Å². The maximum atomic E-state index is 3.97. The van der Waals surface area contributed by atoms with Gasteiger partial charge in [0.15, 0.2) is 5.82 Å². The number of aromatic nitrogens is 4. The Balaban J connectivity index is 2.25. The Labute approximate surface area is 64.6 Å². The van der Waals surface area contributed by atoms with Crippen molar-refractivity contribution in [2.45, 2.75) is 24.8 Å². The van der Waals surface area contributed by atoms with Gasteiger partial charge in [-0.2, -0.15) is 5.21 Å². The van der Waals surface area contributed by atoms with Gasteiger partial charge in [0.05, 0.1) is 5.54 Å².